The van der Waals surface area contributed by atoms with Crippen molar-refractivity contribution in [2.24, 2.45) is 5.73 Å². The highest BCUT2D eigenvalue weighted by Gasteiger charge is 2.25. The zero-order valence-corrected chi connectivity index (χ0v) is 13.8. The smallest absolute Gasteiger partial charge is 0.142 e. The van der Waals surface area contributed by atoms with E-state index < -0.39 is 0 Å². The molecule has 2 N–H and O–H groups in total. The zero-order chi connectivity index (χ0) is 15.4. The molecule has 5 heteroatoms. The van der Waals surface area contributed by atoms with Crippen molar-refractivity contribution < 1.29 is 4.74 Å². The molecule has 1 saturated heterocycles. The molecule has 0 saturated carbocycles. The summed E-state index contributed by atoms with van der Waals surface area (Å²) in [7, 11) is 1.73. The fraction of sp³-hybridized carbons (Fsp3) is 0.412. The molecule has 2 heterocycles. The SMILES string of the molecule is COc1ccccc1N1CCN([C@H](CN)c2cccs2)CC1. The van der Waals surface area contributed by atoms with Gasteiger partial charge < -0.3 is 15.4 Å². The molecule has 0 radical (unpaired) electrons. The molecule has 0 bridgehead atoms. The average molecular weight is 317 g/mol. The summed E-state index contributed by atoms with van der Waals surface area (Å²) < 4.78 is 5.48. The van der Waals surface area contributed by atoms with Gasteiger partial charge in [-0.15, -0.1) is 11.3 Å². The monoisotopic (exact) mass is 317 g/mol. The fourth-order valence-corrected chi connectivity index (χ4v) is 3.97. The molecule has 1 aliphatic rings. The lowest BCUT2D eigenvalue weighted by Gasteiger charge is -2.40. The molecule has 1 aromatic heterocycles. The molecule has 1 aliphatic heterocycles. The van der Waals surface area contributed by atoms with Crippen molar-refractivity contribution in [3.63, 3.8) is 0 Å². The average Bonchev–Trinajstić information content (AvgIpc) is 3.10. The maximum Gasteiger partial charge on any atom is 0.142 e. The van der Waals surface area contributed by atoms with Gasteiger partial charge in [0.15, 0.2) is 0 Å². The Labute approximate surface area is 136 Å². The maximum absolute atomic E-state index is 6.02. The van der Waals surface area contributed by atoms with Gasteiger partial charge in [-0.2, -0.15) is 0 Å². The van der Waals surface area contributed by atoms with Gasteiger partial charge in [-0.25, -0.2) is 0 Å². The van der Waals surface area contributed by atoms with E-state index in [4.69, 9.17) is 10.5 Å². The van der Waals surface area contributed by atoms with E-state index in [-0.39, 0.29) is 0 Å². The van der Waals surface area contributed by atoms with E-state index in [1.807, 2.05) is 12.1 Å². The fourth-order valence-electron chi connectivity index (χ4n) is 3.09. The van der Waals surface area contributed by atoms with Crippen molar-refractivity contribution in [2.75, 3.05) is 44.7 Å². The number of anilines is 1. The molecule has 4 nitrogen and oxygen atoms in total. The maximum atomic E-state index is 6.02. The van der Waals surface area contributed by atoms with Crippen LogP contribution in [0.1, 0.15) is 10.9 Å². The van der Waals surface area contributed by atoms with E-state index in [0.29, 0.717) is 12.6 Å². The van der Waals surface area contributed by atoms with Gasteiger partial charge in [-0.1, -0.05) is 18.2 Å². The number of rotatable bonds is 5. The van der Waals surface area contributed by atoms with Crippen LogP contribution in [0.15, 0.2) is 41.8 Å². The normalized spacial score (nSPS) is 17.5. The molecule has 1 aromatic carbocycles. The third-order valence-corrected chi connectivity index (χ3v) is 5.25. The minimum atomic E-state index is 0.347. The van der Waals surface area contributed by atoms with Crippen LogP contribution in [0.5, 0.6) is 5.75 Å². The highest BCUT2D eigenvalue weighted by Crippen LogP contribution is 2.30. The number of nitrogens with two attached hydrogens (primary N) is 1. The summed E-state index contributed by atoms with van der Waals surface area (Å²) in [6.07, 6.45) is 0. The van der Waals surface area contributed by atoms with Gasteiger partial charge in [0.05, 0.1) is 18.8 Å². The molecule has 22 heavy (non-hydrogen) atoms. The van der Waals surface area contributed by atoms with Crippen molar-refractivity contribution >= 4 is 17.0 Å². The number of thiophene rings is 1. The zero-order valence-electron chi connectivity index (χ0n) is 12.9. The highest BCUT2D eigenvalue weighted by molar-refractivity contribution is 7.10. The van der Waals surface area contributed by atoms with Crippen LogP contribution >= 0.6 is 11.3 Å². The molecular weight excluding hydrogens is 294 g/mol. The third kappa shape index (κ3) is 3.11. The van der Waals surface area contributed by atoms with Gasteiger partial charge in [-0.3, -0.25) is 4.90 Å². The lowest BCUT2D eigenvalue weighted by Crippen LogP contribution is -2.49. The quantitative estimate of drug-likeness (QED) is 0.920. The van der Waals surface area contributed by atoms with Gasteiger partial charge in [0.1, 0.15) is 5.75 Å². The largest absolute Gasteiger partial charge is 0.495 e. The Morgan fingerprint density at radius 1 is 1.14 bits per heavy atom. The molecule has 2 aromatic rings. The molecule has 1 fully saturated rings. The first-order chi connectivity index (χ1) is 10.8. The van der Waals surface area contributed by atoms with E-state index in [1.165, 1.54) is 10.6 Å². The van der Waals surface area contributed by atoms with Crippen molar-refractivity contribution in [3.05, 3.63) is 46.7 Å². The first-order valence-corrected chi connectivity index (χ1v) is 8.57. The van der Waals surface area contributed by atoms with E-state index in [9.17, 15) is 0 Å². The Hall–Kier alpha value is -1.56. The van der Waals surface area contributed by atoms with Crippen LogP contribution in [0.4, 0.5) is 5.69 Å². The highest BCUT2D eigenvalue weighted by atomic mass is 32.1. The number of para-hydroxylation sites is 2. The molecule has 1 atom stereocenters. The number of hydrogen-bond acceptors (Lipinski definition) is 5. The van der Waals surface area contributed by atoms with Gasteiger partial charge in [0.2, 0.25) is 0 Å². The second-order valence-corrected chi connectivity index (χ2v) is 6.44. The number of benzene rings is 1. The van der Waals surface area contributed by atoms with Gasteiger partial charge in [0.25, 0.3) is 0 Å². The molecule has 0 unspecified atom stereocenters. The topological polar surface area (TPSA) is 41.7 Å². The molecule has 0 amide bonds. The van der Waals surface area contributed by atoms with Crippen LogP contribution < -0.4 is 15.4 Å². The summed E-state index contributed by atoms with van der Waals surface area (Å²) in [6, 6.07) is 12.9. The summed E-state index contributed by atoms with van der Waals surface area (Å²) in [6.45, 7) is 4.73. The van der Waals surface area contributed by atoms with E-state index in [1.54, 1.807) is 18.4 Å². The first kappa shape index (κ1) is 15.3. The molecule has 0 spiro atoms. The number of ether oxygens (including phenoxy) is 1. The summed E-state index contributed by atoms with van der Waals surface area (Å²) in [5.74, 6) is 0.949. The second kappa shape index (κ2) is 7.13. The number of piperazine rings is 1. The predicted octanol–water partition coefficient (Wildman–Crippen LogP) is 2.58. The summed E-state index contributed by atoms with van der Waals surface area (Å²) in [4.78, 5) is 6.27. The first-order valence-electron chi connectivity index (χ1n) is 7.69. The van der Waals surface area contributed by atoms with Gasteiger partial charge in [-0.05, 0) is 23.6 Å². The van der Waals surface area contributed by atoms with Gasteiger partial charge >= 0.3 is 0 Å². The predicted molar refractivity (Wildman–Crippen MR) is 92.9 cm³/mol. The number of methoxy groups -OCH3 is 1. The Morgan fingerprint density at radius 3 is 2.55 bits per heavy atom. The summed E-state index contributed by atoms with van der Waals surface area (Å²) in [5, 5.41) is 2.13. The molecule has 0 aliphatic carbocycles. The van der Waals surface area contributed by atoms with E-state index in [0.717, 1.165) is 31.9 Å². The van der Waals surface area contributed by atoms with Crippen LogP contribution in [0.25, 0.3) is 0 Å². The molecule has 3 rings (SSSR count). The number of nitrogens with zero attached hydrogens (tertiary/aromatic N) is 2. The minimum absolute atomic E-state index is 0.347. The third-order valence-electron chi connectivity index (χ3n) is 4.28. The van der Waals surface area contributed by atoms with Crippen molar-refractivity contribution in [3.8, 4) is 5.75 Å². The minimum Gasteiger partial charge on any atom is -0.495 e. The second-order valence-electron chi connectivity index (χ2n) is 5.46. The Kier molecular flexibility index (Phi) is 4.97. The van der Waals surface area contributed by atoms with Crippen molar-refractivity contribution in [2.45, 2.75) is 6.04 Å². The summed E-state index contributed by atoms with van der Waals surface area (Å²) in [5.41, 5.74) is 7.20. The summed E-state index contributed by atoms with van der Waals surface area (Å²) >= 11 is 1.80. The van der Waals surface area contributed by atoms with Crippen LogP contribution in [0.3, 0.4) is 0 Å². The standard InChI is InChI=1S/C17H23N3OS/c1-21-16-6-3-2-5-14(16)19-8-10-20(11-9-19)15(13-18)17-7-4-12-22-17/h2-7,12,15H,8-11,13,18H2,1H3/t15-/m1/s1. The van der Waals surface area contributed by atoms with E-state index >= 15 is 0 Å². The van der Waals surface area contributed by atoms with Crippen LogP contribution in [0.2, 0.25) is 0 Å². The van der Waals surface area contributed by atoms with Gasteiger partial charge in [0, 0.05) is 37.6 Å². The lowest BCUT2D eigenvalue weighted by atomic mass is 10.1. The van der Waals surface area contributed by atoms with Crippen molar-refractivity contribution in [1.82, 2.24) is 4.90 Å². The molecular formula is C17H23N3OS. The van der Waals surface area contributed by atoms with Crippen molar-refractivity contribution in [1.29, 1.82) is 0 Å². The molecule has 118 valence electrons. The number of hydrogen-bond donors (Lipinski definition) is 1. The Balaban J connectivity index is 1.67. The van der Waals surface area contributed by atoms with E-state index in [2.05, 4.69) is 39.4 Å². The Morgan fingerprint density at radius 2 is 1.91 bits per heavy atom. The van der Waals surface area contributed by atoms with Crippen LogP contribution in [-0.4, -0.2) is 44.7 Å². The Bertz CT molecular complexity index is 579. The van der Waals surface area contributed by atoms with Crippen LogP contribution in [-0.2, 0) is 0 Å². The van der Waals surface area contributed by atoms with Crippen LogP contribution in [0, 0.1) is 0 Å². The lowest BCUT2D eigenvalue weighted by molar-refractivity contribution is 0.192.